The van der Waals surface area contributed by atoms with Crippen LogP contribution < -0.4 is 38.9 Å². The van der Waals surface area contributed by atoms with Crippen LogP contribution in [0.15, 0.2) is 0 Å². The summed E-state index contributed by atoms with van der Waals surface area (Å²) in [5, 5.41) is 0. The van der Waals surface area contributed by atoms with E-state index in [-0.39, 0.29) is 0 Å². The molecule has 9 nitrogen and oxygen atoms in total. The standard InChI is InChI=1S/C2H9N7O2/c3-1(10)6-8-9-7-2(11)5-4/h8-9H,4H2,(H3,3,6,10)(H2,5,7,11). The third kappa shape index (κ3) is 6.30. The molecule has 0 spiro atoms. The number of amides is 4. The molecule has 9 heteroatoms. The van der Waals surface area contributed by atoms with Gasteiger partial charge in [0.25, 0.3) is 0 Å². The maximum absolute atomic E-state index is 10.3. The zero-order valence-corrected chi connectivity index (χ0v) is 5.47. The number of urea groups is 2. The first-order valence-electron chi connectivity index (χ1n) is 2.49. The number of hydrogen-bond donors (Lipinski definition) is 7. The molecule has 0 fully saturated rings. The fourth-order valence-corrected chi connectivity index (χ4v) is 0.217. The molecule has 0 heterocycles. The van der Waals surface area contributed by atoms with Crippen LogP contribution in [-0.2, 0) is 0 Å². The summed E-state index contributed by atoms with van der Waals surface area (Å²) in [7, 11) is 0. The van der Waals surface area contributed by atoms with Gasteiger partial charge in [0.05, 0.1) is 0 Å². The summed E-state index contributed by atoms with van der Waals surface area (Å²) in [5.41, 5.74) is 14.4. The fraction of sp³-hybridized carbons (Fsp3) is 0. The number of rotatable bonds is 3. The zero-order chi connectivity index (χ0) is 8.69. The van der Waals surface area contributed by atoms with Gasteiger partial charge >= 0.3 is 12.1 Å². The van der Waals surface area contributed by atoms with E-state index < -0.39 is 12.1 Å². The summed E-state index contributed by atoms with van der Waals surface area (Å²) < 4.78 is 0. The van der Waals surface area contributed by atoms with Gasteiger partial charge in [-0.25, -0.2) is 15.4 Å². The third-order valence-corrected chi connectivity index (χ3v) is 0.555. The first-order chi connectivity index (χ1) is 5.16. The van der Waals surface area contributed by atoms with E-state index in [4.69, 9.17) is 0 Å². The van der Waals surface area contributed by atoms with Crippen LogP contribution in [0.25, 0.3) is 0 Å². The Balaban J connectivity index is 3.14. The number of nitrogens with one attached hydrogen (secondary N) is 5. The van der Waals surface area contributed by atoms with E-state index in [2.05, 4.69) is 17.1 Å². The van der Waals surface area contributed by atoms with E-state index in [1.807, 2.05) is 16.4 Å². The minimum Gasteiger partial charge on any atom is -0.351 e. The molecular formula is C2H9N7O2. The lowest BCUT2D eigenvalue weighted by Crippen LogP contribution is -2.58. The molecule has 0 aromatic heterocycles. The maximum Gasteiger partial charge on any atom is 0.344 e. The van der Waals surface area contributed by atoms with Crippen LogP contribution in [-0.4, -0.2) is 12.1 Å². The highest BCUT2D eigenvalue weighted by Crippen LogP contribution is 1.48. The summed E-state index contributed by atoms with van der Waals surface area (Å²) in [4.78, 5) is 20.2. The Morgan fingerprint density at radius 2 is 1.64 bits per heavy atom. The van der Waals surface area contributed by atoms with Crippen LogP contribution in [0.3, 0.4) is 0 Å². The largest absolute Gasteiger partial charge is 0.351 e. The van der Waals surface area contributed by atoms with Crippen molar-refractivity contribution in [3.8, 4) is 0 Å². The molecule has 0 bridgehead atoms. The van der Waals surface area contributed by atoms with Crippen molar-refractivity contribution in [1.82, 2.24) is 27.3 Å². The second-order valence-electron chi connectivity index (χ2n) is 1.34. The smallest absolute Gasteiger partial charge is 0.344 e. The average molecular weight is 163 g/mol. The quantitative estimate of drug-likeness (QED) is 0.101. The summed E-state index contributed by atoms with van der Waals surface area (Å²) in [6.45, 7) is 0. The van der Waals surface area contributed by atoms with Gasteiger partial charge in [-0.3, -0.25) is 16.3 Å². The van der Waals surface area contributed by atoms with E-state index in [1.54, 1.807) is 5.43 Å². The van der Waals surface area contributed by atoms with Crippen molar-refractivity contribution >= 4 is 12.1 Å². The van der Waals surface area contributed by atoms with Gasteiger partial charge in [-0.15, -0.1) is 0 Å². The summed E-state index contributed by atoms with van der Waals surface area (Å²) >= 11 is 0. The van der Waals surface area contributed by atoms with Gasteiger partial charge in [0.15, 0.2) is 0 Å². The number of carbonyl (C=O) groups excluding carboxylic acids is 2. The van der Waals surface area contributed by atoms with E-state index >= 15 is 0 Å². The number of hydrogen-bond acceptors (Lipinski definition) is 5. The second kappa shape index (κ2) is 5.22. The molecule has 0 atom stereocenters. The SMILES string of the molecule is NNC(=O)NNNNC(N)=O. The third-order valence-electron chi connectivity index (χ3n) is 0.555. The van der Waals surface area contributed by atoms with E-state index in [0.717, 1.165) is 0 Å². The molecule has 4 amide bonds. The fourth-order valence-electron chi connectivity index (χ4n) is 0.217. The monoisotopic (exact) mass is 163 g/mol. The lowest BCUT2D eigenvalue weighted by atomic mass is 11.1. The maximum atomic E-state index is 10.3. The van der Waals surface area contributed by atoms with Crippen molar-refractivity contribution < 1.29 is 9.59 Å². The lowest BCUT2D eigenvalue weighted by Gasteiger charge is -2.06. The van der Waals surface area contributed by atoms with Gasteiger partial charge in [-0.2, -0.15) is 11.1 Å². The van der Waals surface area contributed by atoms with Gasteiger partial charge < -0.3 is 5.73 Å². The molecule has 0 rings (SSSR count). The normalized spacial score (nSPS) is 8.45. The van der Waals surface area contributed by atoms with Crippen molar-refractivity contribution in [3.63, 3.8) is 0 Å². The van der Waals surface area contributed by atoms with Crippen LogP contribution in [0, 0.1) is 0 Å². The Morgan fingerprint density at radius 1 is 1.09 bits per heavy atom. The second-order valence-corrected chi connectivity index (χ2v) is 1.34. The summed E-state index contributed by atoms with van der Waals surface area (Å²) in [5.74, 6) is 4.67. The van der Waals surface area contributed by atoms with Crippen molar-refractivity contribution in [2.75, 3.05) is 0 Å². The van der Waals surface area contributed by atoms with Gasteiger partial charge in [0.2, 0.25) is 0 Å². The molecule has 9 N–H and O–H groups in total. The molecule has 0 unspecified atom stereocenters. The van der Waals surface area contributed by atoms with Crippen LogP contribution in [0.2, 0.25) is 0 Å². The molecule has 0 saturated carbocycles. The van der Waals surface area contributed by atoms with Gasteiger partial charge in [0.1, 0.15) is 0 Å². The molecule has 0 aliphatic heterocycles. The number of nitrogens with two attached hydrogens (primary N) is 2. The Hall–Kier alpha value is -1.58. The molecule has 11 heavy (non-hydrogen) atoms. The van der Waals surface area contributed by atoms with E-state index in [1.165, 1.54) is 0 Å². The zero-order valence-electron chi connectivity index (χ0n) is 5.47. The Labute approximate surface area is 61.7 Å². The molecular weight excluding hydrogens is 154 g/mol. The van der Waals surface area contributed by atoms with Gasteiger partial charge in [-0.05, 0) is 0 Å². The van der Waals surface area contributed by atoms with Crippen molar-refractivity contribution in [2.24, 2.45) is 11.6 Å². The highest BCUT2D eigenvalue weighted by atomic mass is 16.2. The van der Waals surface area contributed by atoms with Crippen LogP contribution in [0.5, 0.6) is 0 Å². The minimum atomic E-state index is -0.799. The molecule has 0 aliphatic carbocycles. The first kappa shape index (κ1) is 9.42. The average Bonchev–Trinajstić information content (AvgIpc) is 1.97. The Bertz CT molecular complexity index is 145. The summed E-state index contributed by atoms with van der Waals surface area (Å²) in [6, 6.07) is -1.48. The molecule has 0 aromatic carbocycles. The lowest BCUT2D eigenvalue weighted by molar-refractivity contribution is 0.225. The predicted molar refractivity (Wildman–Crippen MR) is 34.8 cm³/mol. The predicted octanol–water partition coefficient (Wildman–Crippen LogP) is -3.25. The molecule has 64 valence electrons. The minimum absolute atomic E-state index is 0.677. The van der Waals surface area contributed by atoms with E-state index in [0.29, 0.717) is 0 Å². The molecule has 0 aromatic rings. The van der Waals surface area contributed by atoms with Crippen LogP contribution in [0.4, 0.5) is 9.59 Å². The number of hydrazine groups is 4. The first-order valence-corrected chi connectivity index (χ1v) is 2.49. The summed E-state index contributed by atoms with van der Waals surface area (Å²) in [6.07, 6.45) is 0. The topological polar surface area (TPSA) is 146 Å². The molecule has 0 aliphatic rings. The van der Waals surface area contributed by atoms with Crippen LogP contribution in [0.1, 0.15) is 0 Å². The number of carbonyl (C=O) groups is 2. The molecule has 0 saturated heterocycles. The highest BCUT2D eigenvalue weighted by molar-refractivity contribution is 5.72. The van der Waals surface area contributed by atoms with Crippen LogP contribution >= 0.6 is 0 Å². The van der Waals surface area contributed by atoms with Gasteiger partial charge in [0, 0.05) is 0 Å². The number of primary amides is 1. The van der Waals surface area contributed by atoms with Crippen molar-refractivity contribution in [2.45, 2.75) is 0 Å². The van der Waals surface area contributed by atoms with Crippen molar-refractivity contribution in [3.05, 3.63) is 0 Å². The van der Waals surface area contributed by atoms with Gasteiger partial charge in [-0.1, -0.05) is 0 Å². The Kier molecular flexibility index (Phi) is 4.47. The van der Waals surface area contributed by atoms with E-state index in [9.17, 15) is 9.59 Å². The molecule has 0 radical (unpaired) electrons. The Morgan fingerprint density at radius 3 is 2.09 bits per heavy atom. The highest BCUT2D eigenvalue weighted by Gasteiger charge is 1.92. The van der Waals surface area contributed by atoms with Crippen molar-refractivity contribution in [1.29, 1.82) is 0 Å².